The van der Waals surface area contributed by atoms with E-state index >= 15 is 0 Å². The first-order valence-electron chi connectivity index (χ1n) is 11.4. The second kappa shape index (κ2) is 6.85. The number of para-hydroxylation sites is 3. The summed E-state index contributed by atoms with van der Waals surface area (Å²) in [7, 11) is 0. The summed E-state index contributed by atoms with van der Waals surface area (Å²) in [5.74, 6) is 0. The molecule has 0 aliphatic rings. The molecular weight excluding hydrogens is 400 g/mol. The Hall–Kier alpha value is -4.30. The predicted octanol–water partition coefficient (Wildman–Crippen LogP) is 8.19. The van der Waals surface area contributed by atoms with Crippen LogP contribution in [0.4, 0.5) is 0 Å². The zero-order valence-corrected chi connectivity index (χ0v) is 18.4. The van der Waals surface area contributed by atoms with E-state index in [0.29, 0.717) is 0 Å². The summed E-state index contributed by atoms with van der Waals surface area (Å²) < 4.78 is 4.84. The van der Waals surface area contributed by atoms with Crippen LogP contribution in [0.15, 0.2) is 115 Å². The highest BCUT2D eigenvalue weighted by Gasteiger charge is 2.20. The second-order valence-corrected chi connectivity index (χ2v) is 8.74. The fourth-order valence-electron chi connectivity index (χ4n) is 5.37. The van der Waals surface area contributed by atoms with Crippen molar-refractivity contribution in [2.24, 2.45) is 0 Å². The maximum absolute atomic E-state index is 2.43. The normalized spacial score (nSPS) is 11.8. The van der Waals surface area contributed by atoms with Crippen LogP contribution in [-0.2, 0) is 0 Å². The molecule has 0 bridgehead atoms. The highest BCUT2D eigenvalue weighted by atomic mass is 15.0. The van der Waals surface area contributed by atoms with E-state index in [0.717, 1.165) is 0 Å². The van der Waals surface area contributed by atoms with E-state index in [1.165, 1.54) is 60.5 Å². The number of hydrogen-bond acceptors (Lipinski definition) is 0. The lowest BCUT2D eigenvalue weighted by Gasteiger charge is -2.10. The third kappa shape index (κ3) is 2.55. The van der Waals surface area contributed by atoms with Crippen molar-refractivity contribution < 1.29 is 0 Å². The van der Waals surface area contributed by atoms with Crippen LogP contribution in [0.1, 0.15) is 5.56 Å². The first-order valence-corrected chi connectivity index (χ1v) is 11.4. The highest BCUT2D eigenvalue weighted by molar-refractivity contribution is 6.26. The third-order valence-electron chi connectivity index (χ3n) is 6.75. The van der Waals surface area contributed by atoms with Gasteiger partial charge in [0.1, 0.15) is 0 Å². The summed E-state index contributed by atoms with van der Waals surface area (Å²) in [6.45, 7) is 2.17. The van der Waals surface area contributed by atoms with Gasteiger partial charge >= 0.3 is 0 Å². The molecule has 7 aromatic rings. The van der Waals surface area contributed by atoms with E-state index in [9.17, 15) is 0 Å². The van der Waals surface area contributed by atoms with Gasteiger partial charge in [-0.25, -0.2) is 0 Å². The largest absolute Gasteiger partial charge is 0.309 e. The lowest BCUT2D eigenvalue weighted by Crippen LogP contribution is -1.95. The Morgan fingerprint density at radius 1 is 0.455 bits per heavy atom. The van der Waals surface area contributed by atoms with E-state index in [-0.39, 0.29) is 0 Å². The molecule has 0 saturated carbocycles. The van der Waals surface area contributed by atoms with Crippen molar-refractivity contribution in [3.63, 3.8) is 0 Å². The summed E-state index contributed by atoms with van der Waals surface area (Å²) in [4.78, 5) is 0. The molecule has 2 heterocycles. The number of rotatable bonds is 2. The van der Waals surface area contributed by atoms with Crippen molar-refractivity contribution in [2.75, 3.05) is 0 Å². The fourth-order valence-corrected chi connectivity index (χ4v) is 5.37. The summed E-state index contributed by atoms with van der Waals surface area (Å²) in [6.07, 6.45) is 0. The zero-order valence-electron chi connectivity index (χ0n) is 18.4. The molecule has 0 radical (unpaired) electrons. The molecule has 0 aliphatic heterocycles. The first-order chi connectivity index (χ1) is 16.3. The minimum absolute atomic E-state index is 1.18. The summed E-state index contributed by atoms with van der Waals surface area (Å²) >= 11 is 0. The van der Waals surface area contributed by atoms with Gasteiger partial charge in [-0.15, -0.1) is 0 Å². The van der Waals surface area contributed by atoms with Gasteiger partial charge in [-0.1, -0.05) is 72.8 Å². The minimum Gasteiger partial charge on any atom is -0.309 e. The molecule has 5 aromatic carbocycles. The maximum Gasteiger partial charge on any atom is 0.0641 e. The van der Waals surface area contributed by atoms with Crippen LogP contribution in [0.5, 0.6) is 0 Å². The summed E-state index contributed by atoms with van der Waals surface area (Å²) in [5, 5.41) is 5.15. The van der Waals surface area contributed by atoms with Crippen molar-refractivity contribution in [3.8, 4) is 11.4 Å². The molecule has 2 heteroatoms. The van der Waals surface area contributed by atoms with Gasteiger partial charge in [0, 0.05) is 32.9 Å². The van der Waals surface area contributed by atoms with Gasteiger partial charge in [0.25, 0.3) is 0 Å². The van der Waals surface area contributed by atoms with Gasteiger partial charge in [0.15, 0.2) is 0 Å². The average molecular weight is 423 g/mol. The molecular formula is C31H22N2. The van der Waals surface area contributed by atoms with Crippen LogP contribution >= 0.6 is 0 Å². The lowest BCUT2D eigenvalue weighted by atomic mass is 10.1. The maximum atomic E-state index is 2.43. The highest BCUT2D eigenvalue weighted by Crippen LogP contribution is 2.41. The smallest absolute Gasteiger partial charge is 0.0641 e. The van der Waals surface area contributed by atoms with E-state index in [1.807, 2.05) is 0 Å². The third-order valence-corrected chi connectivity index (χ3v) is 6.75. The molecule has 0 amide bonds. The van der Waals surface area contributed by atoms with Gasteiger partial charge in [-0.05, 0) is 55.0 Å². The Labute approximate surface area is 191 Å². The van der Waals surface area contributed by atoms with Crippen LogP contribution in [0.3, 0.4) is 0 Å². The topological polar surface area (TPSA) is 9.86 Å². The minimum atomic E-state index is 1.18. The number of aryl methyl sites for hydroxylation is 1. The Kier molecular flexibility index (Phi) is 3.80. The van der Waals surface area contributed by atoms with Crippen LogP contribution in [0.25, 0.3) is 55.0 Å². The van der Waals surface area contributed by atoms with E-state index < -0.39 is 0 Å². The van der Waals surface area contributed by atoms with Crippen molar-refractivity contribution in [3.05, 3.63) is 121 Å². The van der Waals surface area contributed by atoms with Gasteiger partial charge in [-0.3, -0.25) is 0 Å². The van der Waals surface area contributed by atoms with E-state index in [1.54, 1.807) is 0 Å². The monoisotopic (exact) mass is 422 g/mol. The number of fused-ring (bicyclic) bond motifs is 7. The Morgan fingerprint density at radius 2 is 1.09 bits per heavy atom. The van der Waals surface area contributed by atoms with Gasteiger partial charge in [0.2, 0.25) is 0 Å². The lowest BCUT2D eigenvalue weighted by molar-refractivity contribution is 1.17. The molecule has 0 atom stereocenters. The Balaban J connectivity index is 1.78. The quantitative estimate of drug-likeness (QED) is 0.266. The standard InChI is InChI=1S/C31H22N2/c1-21-16-17-26-29(20-21)32(22-10-4-2-5-11-22)28-19-18-25-24-14-8-9-15-27(24)33(31(25)30(26)28)23-12-6-3-7-13-23/h2-20H,1H3. The van der Waals surface area contributed by atoms with Gasteiger partial charge in [-0.2, -0.15) is 0 Å². The molecule has 0 saturated heterocycles. The van der Waals surface area contributed by atoms with Crippen molar-refractivity contribution in [1.82, 2.24) is 9.13 Å². The molecule has 0 unspecified atom stereocenters. The number of hydrogen-bond donors (Lipinski definition) is 0. The van der Waals surface area contributed by atoms with E-state index in [2.05, 4.69) is 131 Å². The molecule has 2 nitrogen and oxygen atoms in total. The van der Waals surface area contributed by atoms with Crippen LogP contribution in [0.2, 0.25) is 0 Å². The SMILES string of the molecule is Cc1ccc2c3c(ccc4c5ccccc5n(-c5ccccc5)c43)n(-c3ccccc3)c2c1. The Morgan fingerprint density at radius 3 is 1.85 bits per heavy atom. The summed E-state index contributed by atoms with van der Waals surface area (Å²) in [6, 6.07) is 41.6. The number of nitrogens with zero attached hydrogens (tertiary/aromatic N) is 2. The summed E-state index contributed by atoms with van der Waals surface area (Å²) in [5.41, 5.74) is 8.61. The molecule has 7 rings (SSSR count). The van der Waals surface area contributed by atoms with Crippen molar-refractivity contribution >= 4 is 43.6 Å². The Bertz CT molecular complexity index is 1800. The average Bonchev–Trinajstić information content (AvgIpc) is 3.37. The molecule has 156 valence electrons. The molecule has 0 spiro atoms. The molecule has 0 aliphatic carbocycles. The number of benzene rings is 5. The predicted molar refractivity (Wildman–Crippen MR) is 140 cm³/mol. The second-order valence-electron chi connectivity index (χ2n) is 8.74. The fraction of sp³-hybridized carbons (Fsp3) is 0.0323. The van der Waals surface area contributed by atoms with Crippen LogP contribution in [-0.4, -0.2) is 9.13 Å². The van der Waals surface area contributed by atoms with E-state index in [4.69, 9.17) is 0 Å². The van der Waals surface area contributed by atoms with Crippen molar-refractivity contribution in [1.29, 1.82) is 0 Å². The van der Waals surface area contributed by atoms with Crippen LogP contribution in [0, 0.1) is 6.92 Å². The van der Waals surface area contributed by atoms with Gasteiger partial charge in [0.05, 0.1) is 22.1 Å². The molecule has 0 N–H and O–H groups in total. The first kappa shape index (κ1) is 18.3. The van der Waals surface area contributed by atoms with Crippen molar-refractivity contribution in [2.45, 2.75) is 6.92 Å². The molecule has 0 fully saturated rings. The van der Waals surface area contributed by atoms with Crippen LogP contribution < -0.4 is 0 Å². The number of aromatic nitrogens is 2. The van der Waals surface area contributed by atoms with Gasteiger partial charge < -0.3 is 9.13 Å². The molecule has 33 heavy (non-hydrogen) atoms. The zero-order chi connectivity index (χ0) is 21.9. The molecule has 2 aromatic heterocycles.